The summed E-state index contributed by atoms with van der Waals surface area (Å²) in [5.74, 6) is 0.973. The molecule has 2 rings (SSSR count). The highest BCUT2D eigenvalue weighted by Crippen LogP contribution is 2.32. The van der Waals surface area contributed by atoms with Gasteiger partial charge in [-0.15, -0.1) is 0 Å². The molecule has 1 amide bonds. The van der Waals surface area contributed by atoms with Crippen molar-refractivity contribution in [3.63, 3.8) is 0 Å². The van der Waals surface area contributed by atoms with E-state index in [-0.39, 0.29) is 5.91 Å². The van der Waals surface area contributed by atoms with Gasteiger partial charge in [0, 0.05) is 19.0 Å². The maximum absolute atomic E-state index is 12.5. The van der Waals surface area contributed by atoms with E-state index in [1.54, 1.807) is 0 Å². The molecule has 116 valence electrons. The van der Waals surface area contributed by atoms with Gasteiger partial charge in [-0.05, 0) is 31.1 Å². The number of hydrogen-bond donors (Lipinski definition) is 1. The molecule has 2 atom stereocenters. The molecule has 4 heteroatoms. The van der Waals surface area contributed by atoms with E-state index < -0.39 is 0 Å². The normalized spacial score (nSPS) is 22.0. The van der Waals surface area contributed by atoms with Crippen LogP contribution >= 0.6 is 0 Å². The largest absolute Gasteiger partial charge is 0.341 e. The molecule has 0 radical (unpaired) electrons. The Morgan fingerprint density at radius 1 is 1.24 bits per heavy atom. The molecule has 0 spiro atoms. The van der Waals surface area contributed by atoms with E-state index in [9.17, 15) is 4.79 Å². The van der Waals surface area contributed by atoms with Crippen LogP contribution in [0.5, 0.6) is 0 Å². The van der Waals surface area contributed by atoms with Gasteiger partial charge in [0.05, 0.1) is 6.54 Å². The Kier molecular flexibility index (Phi) is 5.76. The van der Waals surface area contributed by atoms with Crippen LogP contribution in [0.2, 0.25) is 0 Å². The Bertz CT molecular complexity index is 445. The second-order valence-corrected chi connectivity index (χ2v) is 5.77. The molecule has 21 heavy (non-hydrogen) atoms. The van der Waals surface area contributed by atoms with Crippen molar-refractivity contribution in [2.45, 2.75) is 19.8 Å². The zero-order valence-corrected chi connectivity index (χ0v) is 13.2. The average Bonchev–Trinajstić information content (AvgIpc) is 2.97. The predicted octanol–water partition coefficient (Wildman–Crippen LogP) is 1.53. The van der Waals surface area contributed by atoms with Crippen molar-refractivity contribution in [2.24, 2.45) is 11.7 Å². The van der Waals surface area contributed by atoms with Crippen molar-refractivity contribution in [2.75, 3.05) is 39.3 Å². The third-order valence-corrected chi connectivity index (χ3v) is 4.58. The Hall–Kier alpha value is -1.39. The van der Waals surface area contributed by atoms with Crippen LogP contribution in [0.4, 0.5) is 0 Å². The number of benzene rings is 1. The monoisotopic (exact) mass is 289 g/mol. The number of nitrogens with zero attached hydrogens (tertiary/aromatic N) is 2. The first kappa shape index (κ1) is 16.0. The lowest BCUT2D eigenvalue weighted by molar-refractivity contribution is -0.131. The smallest absolute Gasteiger partial charge is 0.236 e. The highest BCUT2D eigenvalue weighted by Gasteiger charge is 2.35. The van der Waals surface area contributed by atoms with Gasteiger partial charge in [-0.2, -0.15) is 0 Å². The highest BCUT2D eigenvalue weighted by molar-refractivity contribution is 5.78. The number of carbonyl (C=O) groups is 1. The maximum Gasteiger partial charge on any atom is 0.236 e. The Morgan fingerprint density at radius 3 is 2.48 bits per heavy atom. The van der Waals surface area contributed by atoms with Crippen molar-refractivity contribution in [3.8, 4) is 0 Å². The lowest BCUT2D eigenvalue weighted by atomic mass is 9.89. The predicted molar refractivity (Wildman–Crippen MR) is 86.1 cm³/mol. The molecule has 1 aliphatic rings. The molecule has 0 bridgehead atoms. The third-order valence-electron chi connectivity index (χ3n) is 4.58. The topological polar surface area (TPSA) is 49.6 Å². The minimum Gasteiger partial charge on any atom is -0.341 e. The van der Waals surface area contributed by atoms with Gasteiger partial charge in [-0.25, -0.2) is 0 Å². The van der Waals surface area contributed by atoms with E-state index in [0.717, 1.165) is 26.2 Å². The standard InChI is InChI=1S/C17H27N3O/c1-3-19(4-2)13-17(21)20-11-15(10-18)16(12-20)14-8-6-5-7-9-14/h5-9,15-16H,3-4,10-13,18H2,1-2H3/t15-,16+/m1/s1. The van der Waals surface area contributed by atoms with Crippen molar-refractivity contribution < 1.29 is 4.79 Å². The fourth-order valence-corrected chi connectivity index (χ4v) is 3.13. The number of rotatable bonds is 6. The molecule has 4 nitrogen and oxygen atoms in total. The van der Waals surface area contributed by atoms with Crippen molar-refractivity contribution >= 4 is 5.91 Å². The highest BCUT2D eigenvalue weighted by atomic mass is 16.2. The molecule has 2 N–H and O–H groups in total. The molecule has 1 saturated heterocycles. The number of carbonyl (C=O) groups excluding carboxylic acids is 1. The van der Waals surface area contributed by atoms with Crippen LogP contribution in [-0.4, -0.2) is 55.0 Å². The van der Waals surface area contributed by atoms with Crippen LogP contribution in [0.3, 0.4) is 0 Å². The molecule has 1 aliphatic heterocycles. The first-order valence-electron chi connectivity index (χ1n) is 7.94. The van der Waals surface area contributed by atoms with Gasteiger partial charge in [-0.1, -0.05) is 44.2 Å². The summed E-state index contributed by atoms with van der Waals surface area (Å²) in [4.78, 5) is 16.6. The summed E-state index contributed by atoms with van der Waals surface area (Å²) < 4.78 is 0. The van der Waals surface area contributed by atoms with Gasteiger partial charge in [-0.3, -0.25) is 9.69 Å². The van der Waals surface area contributed by atoms with Crippen molar-refractivity contribution in [1.29, 1.82) is 0 Å². The number of nitrogens with two attached hydrogens (primary N) is 1. The van der Waals surface area contributed by atoms with Crippen molar-refractivity contribution in [1.82, 2.24) is 9.80 Å². The number of likely N-dealkylation sites (tertiary alicyclic amines) is 1. The molecular formula is C17H27N3O. The zero-order valence-electron chi connectivity index (χ0n) is 13.2. The number of hydrogen-bond acceptors (Lipinski definition) is 3. The van der Waals surface area contributed by atoms with Gasteiger partial charge < -0.3 is 10.6 Å². The van der Waals surface area contributed by atoms with Crippen LogP contribution in [0, 0.1) is 5.92 Å². The lowest BCUT2D eigenvalue weighted by Crippen LogP contribution is -2.39. The molecule has 0 aliphatic carbocycles. The SMILES string of the molecule is CCN(CC)CC(=O)N1C[C@@H](CN)[C@H](c2ccccc2)C1. The second kappa shape index (κ2) is 7.57. The van der Waals surface area contributed by atoms with Crippen LogP contribution < -0.4 is 5.73 Å². The van der Waals surface area contributed by atoms with E-state index >= 15 is 0 Å². The van der Waals surface area contributed by atoms with Crippen LogP contribution in [0.15, 0.2) is 30.3 Å². The number of amides is 1. The van der Waals surface area contributed by atoms with E-state index in [0.29, 0.717) is 24.9 Å². The molecule has 1 aromatic rings. The van der Waals surface area contributed by atoms with E-state index in [4.69, 9.17) is 5.73 Å². The third kappa shape index (κ3) is 3.83. The maximum atomic E-state index is 12.5. The quantitative estimate of drug-likeness (QED) is 0.864. The van der Waals surface area contributed by atoms with Gasteiger partial charge in [0.1, 0.15) is 0 Å². The summed E-state index contributed by atoms with van der Waals surface area (Å²) in [6.07, 6.45) is 0. The summed E-state index contributed by atoms with van der Waals surface area (Å²) in [5, 5.41) is 0. The average molecular weight is 289 g/mol. The molecular weight excluding hydrogens is 262 g/mol. The molecule has 0 aromatic heterocycles. The van der Waals surface area contributed by atoms with E-state index in [2.05, 4.69) is 43.0 Å². The molecule has 1 heterocycles. The van der Waals surface area contributed by atoms with Gasteiger partial charge in [0.15, 0.2) is 0 Å². The summed E-state index contributed by atoms with van der Waals surface area (Å²) in [7, 11) is 0. The molecule has 0 saturated carbocycles. The first-order valence-corrected chi connectivity index (χ1v) is 7.94. The summed E-state index contributed by atoms with van der Waals surface area (Å²) in [6, 6.07) is 10.4. The fourth-order valence-electron chi connectivity index (χ4n) is 3.13. The van der Waals surface area contributed by atoms with Crippen LogP contribution in [0.25, 0.3) is 0 Å². The van der Waals surface area contributed by atoms with Crippen LogP contribution in [-0.2, 0) is 4.79 Å². The van der Waals surface area contributed by atoms with Gasteiger partial charge in [0.25, 0.3) is 0 Å². The fraction of sp³-hybridized carbons (Fsp3) is 0.588. The summed E-state index contributed by atoms with van der Waals surface area (Å²) in [5.41, 5.74) is 7.23. The van der Waals surface area contributed by atoms with Gasteiger partial charge >= 0.3 is 0 Å². The molecule has 1 fully saturated rings. The first-order chi connectivity index (χ1) is 10.2. The summed E-state index contributed by atoms with van der Waals surface area (Å²) >= 11 is 0. The van der Waals surface area contributed by atoms with Crippen molar-refractivity contribution in [3.05, 3.63) is 35.9 Å². The van der Waals surface area contributed by atoms with E-state index in [1.165, 1.54) is 5.56 Å². The van der Waals surface area contributed by atoms with Crippen LogP contribution in [0.1, 0.15) is 25.3 Å². The Labute approximate surface area is 127 Å². The lowest BCUT2D eigenvalue weighted by Gasteiger charge is -2.22. The van der Waals surface area contributed by atoms with E-state index in [1.807, 2.05) is 11.0 Å². The molecule has 1 aromatic carbocycles. The van der Waals surface area contributed by atoms with Gasteiger partial charge in [0.2, 0.25) is 5.91 Å². The zero-order chi connectivity index (χ0) is 15.2. The summed E-state index contributed by atoms with van der Waals surface area (Å²) in [6.45, 7) is 8.76. The minimum absolute atomic E-state index is 0.232. The molecule has 0 unspecified atom stereocenters. The Morgan fingerprint density at radius 2 is 1.90 bits per heavy atom. The number of likely N-dealkylation sites (N-methyl/N-ethyl adjacent to an activating group) is 1. The minimum atomic E-state index is 0.232. The Balaban J connectivity index is 2.03. The second-order valence-electron chi connectivity index (χ2n) is 5.77.